The first kappa shape index (κ1) is 27.2. The number of rotatable bonds is 10. The second-order valence-electron chi connectivity index (χ2n) is 10.5. The molecule has 1 saturated heterocycles. The first-order chi connectivity index (χ1) is 18.8. The predicted molar refractivity (Wildman–Crippen MR) is 139 cm³/mol. The van der Waals surface area contributed by atoms with Gasteiger partial charge in [-0.25, -0.2) is 0 Å². The number of alkyl halides is 3. The van der Waals surface area contributed by atoms with Crippen LogP contribution in [0.15, 0.2) is 36.5 Å². The van der Waals surface area contributed by atoms with Gasteiger partial charge in [0.2, 0.25) is 5.91 Å². The molecule has 1 aromatic carbocycles. The average Bonchev–Trinajstić information content (AvgIpc) is 3.61. The number of ether oxygens (including phenoxy) is 1. The van der Waals surface area contributed by atoms with Crippen molar-refractivity contribution in [2.24, 2.45) is 5.92 Å². The van der Waals surface area contributed by atoms with E-state index >= 15 is 0 Å². The highest BCUT2D eigenvalue weighted by Crippen LogP contribution is 2.35. The number of hydrogen-bond acceptors (Lipinski definition) is 6. The molecule has 3 aliphatic rings. The summed E-state index contributed by atoms with van der Waals surface area (Å²) in [7, 11) is 0. The van der Waals surface area contributed by atoms with E-state index in [1.54, 1.807) is 6.07 Å². The Morgan fingerprint density at radius 1 is 1.15 bits per heavy atom. The lowest BCUT2D eigenvalue weighted by molar-refractivity contribution is -0.140. The van der Waals surface area contributed by atoms with Crippen molar-refractivity contribution in [1.82, 2.24) is 19.7 Å². The average molecular weight is 546 g/mol. The number of nitrogens with one attached hydrogen (secondary N) is 1. The highest BCUT2D eigenvalue weighted by molar-refractivity contribution is 5.82. The van der Waals surface area contributed by atoms with Crippen molar-refractivity contribution in [3.8, 4) is 5.75 Å². The number of pyridine rings is 1. The van der Waals surface area contributed by atoms with Crippen LogP contribution in [0.25, 0.3) is 0 Å². The van der Waals surface area contributed by atoms with Crippen LogP contribution in [0, 0.1) is 5.92 Å². The molecule has 2 aromatic rings. The van der Waals surface area contributed by atoms with Gasteiger partial charge < -0.3 is 24.8 Å². The minimum absolute atomic E-state index is 0.0657. The Morgan fingerprint density at radius 2 is 1.95 bits per heavy atom. The van der Waals surface area contributed by atoms with Gasteiger partial charge in [0, 0.05) is 37.9 Å². The molecular weight excluding hydrogens is 511 g/mol. The van der Waals surface area contributed by atoms with Crippen LogP contribution in [0.3, 0.4) is 0 Å². The van der Waals surface area contributed by atoms with E-state index in [4.69, 9.17) is 4.74 Å². The lowest BCUT2D eigenvalue weighted by Gasteiger charge is -2.27. The van der Waals surface area contributed by atoms with Crippen LogP contribution < -0.4 is 10.1 Å². The minimum Gasteiger partial charge on any atom is -0.481 e. The van der Waals surface area contributed by atoms with E-state index in [1.165, 1.54) is 17.2 Å². The van der Waals surface area contributed by atoms with Crippen molar-refractivity contribution in [2.45, 2.75) is 44.9 Å². The Balaban J connectivity index is 1.29. The second kappa shape index (κ2) is 11.8. The number of carbonyl (C=O) groups is 2. The van der Waals surface area contributed by atoms with Gasteiger partial charge in [-0.1, -0.05) is 12.1 Å². The van der Waals surface area contributed by atoms with Gasteiger partial charge in [0.05, 0.1) is 30.0 Å². The lowest BCUT2D eigenvalue weighted by Crippen LogP contribution is -2.40. The fourth-order valence-corrected chi connectivity index (χ4v) is 5.16. The van der Waals surface area contributed by atoms with Crippen molar-refractivity contribution in [2.75, 3.05) is 51.2 Å². The molecule has 2 aliphatic heterocycles. The van der Waals surface area contributed by atoms with Crippen LogP contribution in [0.1, 0.15) is 42.5 Å². The fraction of sp³-hybridized carbons (Fsp3) is 0.536. The van der Waals surface area contributed by atoms with Gasteiger partial charge in [-0.15, -0.1) is 0 Å². The van der Waals surface area contributed by atoms with E-state index in [9.17, 15) is 22.8 Å². The highest BCUT2D eigenvalue weighted by atomic mass is 19.4. The molecule has 0 atom stereocenters. The van der Waals surface area contributed by atoms with Crippen molar-refractivity contribution in [3.63, 3.8) is 0 Å². The molecule has 2 amide bonds. The number of nitrogens with zero attached hydrogens (tertiary/aromatic N) is 4. The van der Waals surface area contributed by atoms with Gasteiger partial charge in [-0.2, -0.15) is 13.2 Å². The zero-order valence-corrected chi connectivity index (χ0v) is 21.9. The molecule has 3 heterocycles. The molecule has 8 nitrogen and oxygen atoms in total. The quantitative estimate of drug-likeness (QED) is 0.490. The number of amides is 2. The monoisotopic (exact) mass is 545 g/mol. The molecule has 0 spiro atoms. The fourth-order valence-electron chi connectivity index (χ4n) is 5.16. The molecule has 0 bridgehead atoms. The first-order valence-electron chi connectivity index (χ1n) is 13.6. The molecule has 1 aliphatic carbocycles. The van der Waals surface area contributed by atoms with E-state index in [1.807, 2.05) is 17.0 Å². The summed E-state index contributed by atoms with van der Waals surface area (Å²) >= 11 is 0. The van der Waals surface area contributed by atoms with Crippen LogP contribution >= 0.6 is 0 Å². The summed E-state index contributed by atoms with van der Waals surface area (Å²) in [5.74, 6) is 0.678. The van der Waals surface area contributed by atoms with Crippen LogP contribution in [-0.4, -0.2) is 77.4 Å². The lowest BCUT2D eigenvalue weighted by atomic mass is 10.1. The number of para-hydroxylation sites is 1. The van der Waals surface area contributed by atoms with Crippen LogP contribution in [0.5, 0.6) is 5.75 Å². The summed E-state index contributed by atoms with van der Waals surface area (Å²) in [5.41, 5.74) is 0.424. The molecule has 0 radical (unpaired) electrons. The van der Waals surface area contributed by atoms with Gasteiger partial charge in [0.15, 0.2) is 6.61 Å². The van der Waals surface area contributed by atoms with Gasteiger partial charge in [-0.3, -0.25) is 14.6 Å². The van der Waals surface area contributed by atoms with E-state index in [2.05, 4.69) is 15.2 Å². The molecule has 210 valence electrons. The summed E-state index contributed by atoms with van der Waals surface area (Å²) in [6.45, 7) is 3.43. The van der Waals surface area contributed by atoms with Crippen LogP contribution in [0.4, 0.5) is 18.9 Å². The highest BCUT2D eigenvalue weighted by Gasteiger charge is 2.35. The van der Waals surface area contributed by atoms with E-state index in [-0.39, 0.29) is 37.2 Å². The third-order valence-electron chi connectivity index (χ3n) is 7.53. The van der Waals surface area contributed by atoms with Crippen molar-refractivity contribution >= 4 is 17.5 Å². The van der Waals surface area contributed by atoms with Crippen molar-refractivity contribution in [3.05, 3.63) is 53.3 Å². The van der Waals surface area contributed by atoms with Gasteiger partial charge in [-0.05, 0) is 62.9 Å². The Hall–Kier alpha value is -3.34. The molecule has 2 fully saturated rings. The third kappa shape index (κ3) is 7.00. The Labute approximate surface area is 226 Å². The molecule has 0 unspecified atom stereocenters. The first-order valence-corrected chi connectivity index (χ1v) is 13.6. The molecule has 5 rings (SSSR count). The second-order valence-corrected chi connectivity index (χ2v) is 10.5. The number of halogens is 3. The van der Waals surface area contributed by atoms with Crippen molar-refractivity contribution < 1.29 is 27.5 Å². The largest absolute Gasteiger partial charge is 0.481 e. The number of carbonyl (C=O) groups excluding carboxylic acids is 2. The van der Waals surface area contributed by atoms with Gasteiger partial charge >= 0.3 is 6.18 Å². The van der Waals surface area contributed by atoms with Crippen LogP contribution in [0.2, 0.25) is 0 Å². The summed E-state index contributed by atoms with van der Waals surface area (Å²) in [5, 5.41) is 3.12. The van der Waals surface area contributed by atoms with E-state index in [0.29, 0.717) is 37.0 Å². The normalized spacial score (nSPS) is 17.9. The number of fused-ring (bicyclic) bond motifs is 1. The maximum absolute atomic E-state index is 13.6. The van der Waals surface area contributed by atoms with E-state index < -0.39 is 11.7 Å². The van der Waals surface area contributed by atoms with E-state index in [0.717, 1.165) is 56.9 Å². The SMILES string of the molecule is O=C(CNc1cccc2c1OCC(=O)N(CC1CC1)C2)N(CCN1CCCC1)Cc1ncccc1C(F)(F)F. The summed E-state index contributed by atoms with van der Waals surface area (Å²) in [6, 6.07) is 7.77. The zero-order chi connectivity index (χ0) is 27.4. The molecule has 1 aromatic heterocycles. The molecule has 1 N–H and O–H groups in total. The molecule has 11 heteroatoms. The zero-order valence-electron chi connectivity index (χ0n) is 21.9. The third-order valence-corrected chi connectivity index (χ3v) is 7.53. The maximum atomic E-state index is 13.6. The molecular formula is C28H34F3N5O3. The predicted octanol–water partition coefficient (Wildman–Crippen LogP) is 3.77. The smallest absolute Gasteiger partial charge is 0.418 e. The Kier molecular flexibility index (Phi) is 8.25. The van der Waals surface area contributed by atoms with Gasteiger partial charge in [0.1, 0.15) is 5.75 Å². The number of benzene rings is 1. The summed E-state index contributed by atoms with van der Waals surface area (Å²) < 4.78 is 46.7. The molecule has 1 saturated carbocycles. The molecule has 39 heavy (non-hydrogen) atoms. The maximum Gasteiger partial charge on any atom is 0.418 e. The number of anilines is 1. The van der Waals surface area contributed by atoms with Gasteiger partial charge in [0.25, 0.3) is 5.91 Å². The topological polar surface area (TPSA) is 78.0 Å². The Bertz CT molecular complexity index is 1180. The number of likely N-dealkylation sites (tertiary alicyclic amines) is 1. The van der Waals surface area contributed by atoms with Crippen LogP contribution in [-0.2, 0) is 28.9 Å². The van der Waals surface area contributed by atoms with Crippen molar-refractivity contribution in [1.29, 1.82) is 0 Å². The number of hydrogen-bond donors (Lipinski definition) is 1. The summed E-state index contributed by atoms with van der Waals surface area (Å²) in [6.07, 6.45) is 1.18. The number of aromatic nitrogens is 1. The standard InChI is InChI=1S/C28H34F3N5O3/c29-28(30,31)22-6-4-10-32-24(22)18-35(14-13-34-11-1-2-12-34)25(37)15-33-23-7-3-5-21-17-36(16-20-8-9-20)26(38)19-39-27(21)23/h3-7,10,20,33H,1-2,8-9,11-19H2. The minimum atomic E-state index is -4.56. The summed E-state index contributed by atoms with van der Waals surface area (Å²) in [4.78, 5) is 35.4. The Morgan fingerprint density at radius 3 is 2.69 bits per heavy atom.